The Kier molecular flexibility index (Phi) is 7.79. The second kappa shape index (κ2) is 6.89. The lowest BCUT2D eigenvalue weighted by molar-refractivity contribution is 0.458. The molecular weight excluding hydrogens is 383 g/mol. The number of rotatable bonds is 4. The molecular formula is C8H13Br2I. The van der Waals surface area contributed by atoms with Crippen LogP contribution in [0.25, 0.3) is 0 Å². The molecule has 0 rings (SSSR count). The highest BCUT2D eigenvalue weighted by Crippen LogP contribution is 2.24. The van der Waals surface area contributed by atoms with Gasteiger partial charge in [-0.25, -0.2) is 0 Å². The van der Waals surface area contributed by atoms with Crippen LogP contribution in [0.15, 0.2) is 9.47 Å². The molecule has 11 heavy (non-hydrogen) atoms. The Hall–Kier alpha value is 1.43. The van der Waals surface area contributed by atoms with Crippen LogP contribution in [0.5, 0.6) is 0 Å². The Bertz CT molecular complexity index is 128. The Labute approximate surface area is 99.6 Å². The largest absolute Gasteiger partial charge is 0.0864 e. The third-order valence-electron chi connectivity index (χ3n) is 1.64. The zero-order chi connectivity index (χ0) is 8.85. The van der Waals surface area contributed by atoms with Crippen molar-refractivity contribution in [3.05, 3.63) is 9.47 Å². The van der Waals surface area contributed by atoms with E-state index in [0.29, 0.717) is 5.92 Å². The van der Waals surface area contributed by atoms with Crippen molar-refractivity contribution in [2.45, 2.75) is 20.3 Å². The molecule has 0 aromatic heterocycles. The maximum atomic E-state index is 3.39. The first-order valence-corrected chi connectivity index (χ1v) is 6.78. The fourth-order valence-corrected chi connectivity index (χ4v) is 2.30. The van der Waals surface area contributed by atoms with E-state index in [1.54, 1.807) is 0 Å². The molecule has 0 aliphatic heterocycles. The van der Waals surface area contributed by atoms with Gasteiger partial charge in [-0.15, -0.1) is 0 Å². The van der Waals surface area contributed by atoms with Crippen LogP contribution < -0.4 is 0 Å². The van der Waals surface area contributed by atoms with Crippen LogP contribution in [0.2, 0.25) is 0 Å². The highest BCUT2D eigenvalue weighted by atomic mass is 127. The first kappa shape index (κ1) is 12.4. The molecule has 0 aliphatic rings. The van der Waals surface area contributed by atoms with Gasteiger partial charge < -0.3 is 0 Å². The van der Waals surface area contributed by atoms with Gasteiger partial charge in [0, 0.05) is 4.43 Å². The molecule has 0 saturated heterocycles. The van der Waals surface area contributed by atoms with Gasteiger partial charge in [0.25, 0.3) is 0 Å². The van der Waals surface area contributed by atoms with E-state index in [4.69, 9.17) is 0 Å². The van der Waals surface area contributed by atoms with Crippen LogP contribution >= 0.6 is 54.5 Å². The molecule has 0 heterocycles. The van der Waals surface area contributed by atoms with Crippen molar-refractivity contribution in [2.24, 2.45) is 11.8 Å². The number of alkyl halides is 1. The molecule has 3 heteroatoms. The fraction of sp³-hybridized carbons (Fsp3) is 0.750. The van der Waals surface area contributed by atoms with Crippen molar-refractivity contribution in [3.8, 4) is 0 Å². The summed E-state index contributed by atoms with van der Waals surface area (Å²) in [5.74, 6) is 1.43. The summed E-state index contributed by atoms with van der Waals surface area (Å²) in [6.45, 7) is 4.52. The average molecular weight is 396 g/mol. The standard InChI is InChI=1S/C8H13Br2I/c1-6(2)7(3-4-11)5-8(9)10/h5-7H,3-4H2,1-2H3. The van der Waals surface area contributed by atoms with Crippen molar-refractivity contribution in [3.63, 3.8) is 0 Å². The topological polar surface area (TPSA) is 0 Å². The van der Waals surface area contributed by atoms with Gasteiger partial charge in [-0.05, 0) is 50.1 Å². The summed E-state index contributed by atoms with van der Waals surface area (Å²) in [7, 11) is 0. The number of hydrogen-bond acceptors (Lipinski definition) is 0. The van der Waals surface area contributed by atoms with Gasteiger partial charge in [0.05, 0.1) is 3.39 Å². The van der Waals surface area contributed by atoms with Crippen LogP contribution in [0.3, 0.4) is 0 Å². The van der Waals surface area contributed by atoms with Gasteiger partial charge in [0.2, 0.25) is 0 Å². The van der Waals surface area contributed by atoms with E-state index < -0.39 is 0 Å². The summed E-state index contributed by atoms with van der Waals surface area (Å²) in [6.07, 6.45) is 3.50. The molecule has 1 unspecified atom stereocenters. The third kappa shape index (κ3) is 6.58. The van der Waals surface area contributed by atoms with Gasteiger partial charge in [-0.3, -0.25) is 0 Å². The van der Waals surface area contributed by atoms with E-state index in [1.165, 1.54) is 10.8 Å². The normalized spacial score (nSPS) is 13.3. The molecule has 0 spiro atoms. The smallest absolute Gasteiger partial charge is 0.0567 e. The van der Waals surface area contributed by atoms with Crippen LogP contribution in [0.4, 0.5) is 0 Å². The summed E-state index contributed by atoms with van der Waals surface area (Å²) in [5, 5.41) is 0. The fourth-order valence-electron chi connectivity index (χ4n) is 0.897. The summed E-state index contributed by atoms with van der Waals surface area (Å²) in [6, 6.07) is 0. The Morgan fingerprint density at radius 3 is 2.27 bits per heavy atom. The number of hydrogen-bond donors (Lipinski definition) is 0. The highest BCUT2D eigenvalue weighted by molar-refractivity contribution is 14.1. The number of allylic oxidation sites excluding steroid dienone is 1. The predicted octanol–water partition coefficient (Wildman–Crippen LogP) is 4.71. The Morgan fingerprint density at radius 2 is 2.00 bits per heavy atom. The second-order valence-corrected chi connectivity index (χ2v) is 6.69. The maximum absolute atomic E-state index is 3.39. The number of halogens is 3. The molecule has 0 aromatic rings. The molecule has 0 amide bonds. The molecule has 0 aliphatic carbocycles. The average Bonchev–Trinajstić information content (AvgIpc) is 1.86. The van der Waals surface area contributed by atoms with Gasteiger partial charge in [0.1, 0.15) is 0 Å². The summed E-state index contributed by atoms with van der Waals surface area (Å²) in [4.78, 5) is 0. The zero-order valence-electron chi connectivity index (χ0n) is 6.78. The van der Waals surface area contributed by atoms with Crippen molar-refractivity contribution in [1.82, 2.24) is 0 Å². The van der Waals surface area contributed by atoms with E-state index in [0.717, 1.165) is 9.31 Å². The van der Waals surface area contributed by atoms with Crippen molar-refractivity contribution >= 4 is 54.5 Å². The molecule has 0 aromatic carbocycles. The van der Waals surface area contributed by atoms with Crippen molar-refractivity contribution < 1.29 is 0 Å². The Balaban J connectivity index is 4.00. The van der Waals surface area contributed by atoms with Crippen molar-refractivity contribution in [2.75, 3.05) is 4.43 Å². The molecule has 66 valence electrons. The molecule has 0 radical (unpaired) electrons. The minimum atomic E-state index is 0.695. The summed E-state index contributed by atoms with van der Waals surface area (Å²) < 4.78 is 2.30. The van der Waals surface area contributed by atoms with Gasteiger partial charge in [0.15, 0.2) is 0 Å². The molecule has 0 bridgehead atoms. The van der Waals surface area contributed by atoms with Crippen LogP contribution in [-0.4, -0.2) is 4.43 Å². The van der Waals surface area contributed by atoms with Crippen LogP contribution in [0.1, 0.15) is 20.3 Å². The molecule has 0 nitrogen and oxygen atoms in total. The van der Waals surface area contributed by atoms with E-state index >= 15 is 0 Å². The molecule has 0 N–H and O–H groups in total. The van der Waals surface area contributed by atoms with E-state index in [1.807, 2.05) is 0 Å². The van der Waals surface area contributed by atoms with Crippen LogP contribution in [-0.2, 0) is 0 Å². The summed E-state index contributed by atoms with van der Waals surface area (Å²) >= 11 is 9.20. The maximum Gasteiger partial charge on any atom is 0.0567 e. The molecule has 0 fully saturated rings. The second-order valence-electron chi connectivity index (χ2n) is 2.84. The molecule has 0 saturated carbocycles. The lowest BCUT2D eigenvalue weighted by atomic mass is 9.94. The summed E-state index contributed by atoms with van der Waals surface area (Å²) in [5.41, 5.74) is 0. The van der Waals surface area contributed by atoms with Crippen molar-refractivity contribution in [1.29, 1.82) is 0 Å². The zero-order valence-corrected chi connectivity index (χ0v) is 12.1. The van der Waals surface area contributed by atoms with Gasteiger partial charge in [-0.2, -0.15) is 0 Å². The van der Waals surface area contributed by atoms with Gasteiger partial charge >= 0.3 is 0 Å². The minimum absolute atomic E-state index is 0.695. The molecule has 1 atom stereocenters. The minimum Gasteiger partial charge on any atom is -0.0864 e. The highest BCUT2D eigenvalue weighted by Gasteiger charge is 2.09. The third-order valence-corrected chi connectivity index (χ3v) is 2.79. The monoisotopic (exact) mass is 394 g/mol. The SMILES string of the molecule is CC(C)C(C=C(Br)Br)CCI. The lowest BCUT2D eigenvalue weighted by Gasteiger charge is -2.15. The quantitative estimate of drug-likeness (QED) is 0.477. The van der Waals surface area contributed by atoms with Gasteiger partial charge in [-0.1, -0.05) is 42.5 Å². The van der Waals surface area contributed by atoms with Crippen LogP contribution in [0, 0.1) is 11.8 Å². The van der Waals surface area contributed by atoms with E-state index in [2.05, 4.69) is 74.4 Å². The lowest BCUT2D eigenvalue weighted by Crippen LogP contribution is -2.05. The van der Waals surface area contributed by atoms with E-state index in [9.17, 15) is 0 Å². The Morgan fingerprint density at radius 1 is 1.45 bits per heavy atom. The first-order chi connectivity index (χ1) is 5.07. The predicted molar refractivity (Wildman–Crippen MR) is 67.8 cm³/mol. The first-order valence-electron chi connectivity index (χ1n) is 3.66. The van der Waals surface area contributed by atoms with E-state index in [-0.39, 0.29) is 0 Å².